The Morgan fingerprint density at radius 1 is 1.15 bits per heavy atom. The molecular formula is C26H28N2O5. The third kappa shape index (κ3) is 5.10. The first kappa shape index (κ1) is 23.0. The van der Waals surface area contributed by atoms with Gasteiger partial charge in [-0.2, -0.15) is 0 Å². The molecule has 1 fully saturated rings. The summed E-state index contributed by atoms with van der Waals surface area (Å²) in [6.07, 6.45) is 1.60. The van der Waals surface area contributed by atoms with Gasteiger partial charge in [-0.15, -0.1) is 0 Å². The molecule has 3 aromatic rings. The monoisotopic (exact) mass is 448 g/mol. The predicted octanol–water partition coefficient (Wildman–Crippen LogP) is 2.50. The standard InChI is InChI=1S/C26H28N2O5/c1-18(30)25-27-13-14-28(25)26(2,17-29)12-11-19-3-5-20(6-4-19)21-7-9-22(10-8-21)33-24-16-32-15-23(24)31/h3-10,13-14,18,23-24,29-31H,15-17H2,1-2H3. The van der Waals surface area contributed by atoms with Gasteiger partial charge in [0.15, 0.2) is 0 Å². The van der Waals surface area contributed by atoms with Crippen molar-refractivity contribution in [1.29, 1.82) is 0 Å². The summed E-state index contributed by atoms with van der Waals surface area (Å²) in [6.45, 7) is 3.92. The maximum atomic E-state index is 10.00. The highest BCUT2D eigenvalue weighted by atomic mass is 16.6. The van der Waals surface area contributed by atoms with Crippen LogP contribution in [0, 0.1) is 11.8 Å². The predicted molar refractivity (Wildman–Crippen MR) is 124 cm³/mol. The second-order valence-electron chi connectivity index (χ2n) is 8.38. The molecular weight excluding hydrogens is 420 g/mol. The molecule has 2 heterocycles. The minimum atomic E-state index is -0.907. The first-order valence-corrected chi connectivity index (χ1v) is 10.9. The van der Waals surface area contributed by atoms with E-state index in [0.29, 0.717) is 24.8 Å². The van der Waals surface area contributed by atoms with E-state index in [2.05, 4.69) is 16.8 Å². The van der Waals surface area contributed by atoms with Crippen LogP contribution in [0.2, 0.25) is 0 Å². The van der Waals surface area contributed by atoms with Gasteiger partial charge < -0.3 is 29.4 Å². The van der Waals surface area contributed by atoms with E-state index in [1.54, 1.807) is 23.9 Å². The van der Waals surface area contributed by atoms with Gasteiger partial charge in [0.2, 0.25) is 0 Å². The number of imidazole rings is 1. The Morgan fingerprint density at radius 3 is 2.39 bits per heavy atom. The van der Waals surface area contributed by atoms with Gasteiger partial charge in [0.05, 0.1) is 19.8 Å². The Balaban J connectivity index is 1.47. The second kappa shape index (κ2) is 9.77. The van der Waals surface area contributed by atoms with E-state index in [0.717, 1.165) is 16.7 Å². The van der Waals surface area contributed by atoms with E-state index >= 15 is 0 Å². The summed E-state index contributed by atoms with van der Waals surface area (Å²) in [6, 6.07) is 15.5. The summed E-state index contributed by atoms with van der Waals surface area (Å²) in [4.78, 5) is 4.17. The van der Waals surface area contributed by atoms with Gasteiger partial charge in [-0.1, -0.05) is 36.1 Å². The lowest BCUT2D eigenvalue weighted by Gasteiger charge is -2.25. The first-order chi connectivity index (χ1) is 15.9. The van der Waals surface area contributed by atoms with Crippen LogP contribution in [0.3, 0.4) is 0 Å². The van der Waals surface area contributed by atoms with E-state index in [1.165, 1.54) is 0 Å². The van der Waals surface area contributed by atoms with Gasteiger partial charge in [0, 0.05) is 18.0 Å². The fraction of sp³-hybridized carbons (Fsp3) is 0.346. The van der Waals surface area contributed by atoms with Crippen molar-refractivity contribution in [3.05, 3.63) is 72.3 Å². The van der Waals surface area contributed by atoms with Crippen LogP contribution in [0.25, 0.3) is 11.1 Å². The number of aromatic nitrogens is 2. The summed E-state index contributed by atoms with van der Waals surface area (Å²) < 4.78 is 12.7. The summed E-state index contributed by atoms with van der Waals surface area (Å²) in [7, 11) is 0. The van der Waals surface area contributed by atoms with Crippen molar-refractivity contribution in [2.45, 2.75) is 37.7 Å². The van der Waals surface area contributed by atoms with Crippen LogP contribution >= 0.6 is 0 Å². The van der Waals surface area contributed by atoms with Gasteiger partial charge in [-0.3, -0.25) is 0 Å². The van der Waals surface area contributed by atoms with Gasteiger partial charge >= 0.3 is 0 Å². The normalized spacial score (nSPS) is 20.5. The lowest BCUT2D eigenvalue weighted by Crippen LogP contribution is -2.34. The third-order valence-electron chi connectivity index (χ3n) is 5.72. The van der Waals surface area contributed by atoms with Crippen molar-refractivity contribution >= 4 is 0 Å². The third-order valence-corrected chi connectivity index (χ3v) is 5.72. The highest BCUT2D eigenvalue weighted by Gasteiger charge is 2.28. The highest BCUT2D eigenvalue weighted by Crippen LogP contribution is 2.25. The summed E-state index contributed by atoms with van der Waals surface area (Å²) in [5.41, 5.74) is 1.97. The number of nitrogens with zero attached hydrogens (tertiary/aromatic N) is 2. The molecule has 3 N–H and O–H groups in total. The number of ether oxygens (including phenoxy) is 2. The largest absolute Gasteiger partial charge is 0.485 e. The fourth-order valence-corrected chi connectivity index (χ4v) is 3.71. The Hall–Kier alpha value is -3.15. The zero-order chi connectivity index (χ0) is 23.4. The van der Waals surface area contributed by atoms with E-state index in [1.807, 2.05) is 55.5 Å². The molecule has 2 aromatic carbocycles. The summed E-state index contributed by atoms with van der Waals surface area (Å²) >= 11 is 0. The molecule has 0 spiro atoms. The van der Waals surface area contributed by atoms with Gasteiger partial charge in [-0.05, 0) is 49.2 Å². The smallest absolute Gasteiger partial charge is 0.150 e. The van der Waals surface area contributed by atoms with Crippen LogP contribution < -0.4 is 4.74 Å². The molecule has 4 atom stereocenters. The quantitative estimate of drug-likeness (QED) is 0.502. The molecule has 0 saturated carbocycles. The van der Waals surface area contributed by atoms with Gasteiger partial charge in [0.25, 0.3) is 0 Å². The topological polar surface area (TPSA) is 97.0 Å². The fourth-order valence-electron chi connectivity index (χ4n) is 3.71. The van der Waals surface area contributed by atoms with E-state index in [4.69, 9.17) is 9.47 Å². The molecule has 172 valence electrons. The molecule has 0 radical (unpaired) electrons. The van der Waals surface area contributed by atoms with E-state index < -0.39 is 17.7 Å². The van der Waals surface area contributed by atoms with Crippen LogP contribution in [0.15, 0.2) is 60.9 Å². The van der Waals surface area contributed by atoms with E-state index in [9.17, 15) is 15.3 Å². The average molecular weight is 449 g/mol. The zero-order valence-corrected chi connectivity index (χ0v) is 18.7. The SMILES string of the molecule is CC(O)c1nccn1C(C)(C#Cc1ccc(-c2ccc(OC3COCC3O)cc2)cc1)CO. The highest BCUT2D eigenvalue weighted by molar-refractivity contribution is 5.65. The molecule has 1 aliphatic heterocycles. The number of aliphatic hydroxyl groups excluding tert-OH is 3. The van der Waals surface area contributed by atoms with Crippen molar-refractivity contribution in [1.82, 2.24) is 9.55 Å². The maximum Gasteiger partial charge on any atom is 0.150 e. The Morgan fingerprint density at radius 2 is 1.82 bits per heavy atom. The molecule has 1 aromatic heterocycles. The maximum absolute atomic E-state index is 10.00. The van der Waals surface area contributed by atoms with Crippen LogP contribution in [-0.2, 0) is 10.3 Å². The van der Waals surface area contributed by atoms with Crippen molar-refractivity contribution in [3.63, 3.8) is 0 Å². The number of hydrogen-bond acceptors (Lipinski definition) is 6. The van der Waals surface area contributed by atoms with Crippen LogP contribution in [0.4, 0.5) is 0 Å². The lowest BCUT2D eigenvalue weighted by molar-refractivity contribution is 0.0733. The van der Waals surface area contributed by atoms with Crippen molar-refractivity contribution in [2.24, 2.45) is 0 Å². The molecule has 0 aliphatic carbocycles. The van der Waals surface area contributed by atoms with Crippen molar-refractivity contribution < 1.29 is 24.8 Å². The molecule has 4 unspecified atom stereocenters. The number of rotatable bonds is 6. The molecule has 0 bridgehead atoms. The first-order valence-electron chi connectivity index (χ1n) is 10.9. The van der Waals surface area contributed by atoms with Crippen molar-refractivity contribution in [2.75, 3.05) is 19.8 Å². The minimum absolute atomic E-state index is 0.216. The lowest BCUT2D eigenvalue weighted by atomic mass is 10.0. The molecule has 4 rings (SSSR count). The molecule has 33 heavy (non-hydrogen) atoms. The number of hydrogen-bond donors (Lipinski definition) is 3. The average Bonchev–Trinajstić information content (AvgIpc) is 3.48. The Kier molecular flexibility index (Phi) is 6.82. The Labute approximate surface area is 193 Å². The summed E-state index contributed by atoms with van der Waals surface area (Å²) in [5.74, 6) is 7.40. The van der Waals surface area contributed by atoms with E-state index in [-0.39, 0.29) is 12.7 Å². The minimum Gasteiger partial charge on any atom is -0.485 e. The Bertz CT molecular complexity index is 1130. The molecule has 7 heteroatoms. The van der Waals surface area contributed by atoms with Crippen LogP contribution in [-0.4, -0.2) is 56.9 Å². The molecule has 1 saturated heterocycles. The summed E-state index contributed by atoms with van der Waals surface area (Å²) in [5, 5.41) is 29.8. The molecule has 0 amide bonds. The van der Waals surface area contributed by atoms with Gasteiger partial charge in [-0.25, -0.2) is 4.98 Å². The molecule has 1 aliphatic rings. The zero-order valence-electron chi connectivity index (χ0n) is 18.7. The second-order valence-corrected chi connectivity index (χ2v) is 8.38. The molecule has 7 nitrogen and oxygen atoms in total. The van der Waals surface area contributed by atoms with Crippen molar-refractivity contribution in [3.8, 4) is 28.7 Å². The number of aliphatic hydroxyl groups is 3. The van der Waals surface area contributed by atoms with Crippen LogP contribution in [0.1, 0.15) is 31.3 Å². The van der Waals surface area contributed by atoms with Gasteiger partial charge in [0.1, 0.15) is 35.4 Å². The number of benzene rings is 2. The van der Waals surface area contributed by atoms with Crippen LogP contribution in [0.5, 0.6) is 5.75 Å².